The Labute approximate surface area is 81.6 Å². The van der Waals surface area contributed by atoms with Crippen molar-refractivity contribution < 1.29 is 14.6 Å². The maximum Gasteiger partial charge on any atom is 0.339 e. The molecule has 1 aromatic carbocycles. The lowest BCUT2D eigenvalue weighted by Gasteiger charge is -2.07. The highest BCUT2D eigenvalue weighted by atomic mass is 16.5. The van der Waals surface area contributed by atoms with Crippen molar-refractivity contribution in [3.05, 3.63) is 36.4 Å². The van der Waals surface area contributed by atoms with Crippen LogP contribution >= 0.6 is 0 Å². The van der Waals surface area contributed by atoms with Gasteiger partial charge in [0.15, 0.2) is 0 Å². The number of hydrogen-bond donors (Lipinski definition) is 2. The molecule has 0 aliphatic rings. The van der Waals surface area contributed by atoms with E-state index >= 15 is 0 Å². The number of hydrogen-bond acceptors (Lipinski definition) is 3. The van der Waals surface area contributed by atoms with Crippen LogP contribution in [0.1, 0.15) is 10.4 Å². The van der Waals surface area contributed by atoms with Crippen molar-refractivity contribution in [3.63, 3.8) is 0 Å². The van der Waals surface area contributed by atoms with Crippen LogP contribution in [-0.4, -0.2) is 17.7 Å². The van der Waals surface area contributed by atoms with Crippen LogP contribution in [0.25, 0.3) is 0 Å². The van der Waals surface area contributed by atoms with Crippen LogP contribution in [0.5, 0.6) is 5.75 Å². The first-order chi connectivity index (χ1) is 6.65. The molecule has 0 bridgehead atoms. The number of anilines is 1. The van der Waals surface area contributed by atoms with Crippen LogP contribution in [-0.2, 0) is 0 Å². The summed E-state index contributed by atoms with van der Waals surface area (Å²) in [5.74, 6) is -0.776. The lowest BCUT2D eigenvalue weighted by atomic mass is 10.2. The fourth-order valence-corrected chi connectivity index (χ4v) is 0.984. The Morgan fingerprint density at radius 2 is 2.36 bits per heavy atom. The van der Waals surface area contributed by atoms with E-state index < -0.39 is 5.97 Å². The van der Waals surface area contributed by atoms with Gasteiger partial charge in [0.2, 0.25) is 0 Å². The standard InChI is InChI=1S/C10H11NO3/c1-2-5-14-9-6-7(11)3-4-8(9)10(12)13/h2-4,6H,1,5,11H2,(H,12,13). The Balaban J connectivity index is 3.02. The van der Waals surface area contributed by atoms with E-state index in [-0.39, 0.29) is 17.9 Å². The Bertz CT molecular complexity index is 360. The van der Waals surface area contributed by atoms with Crippen molar-refractivity contribution in [3.8, 4) is 5.75 Å². The van der Waals surface area contributed by atoms with Gasteiger partial charge in [-0.1, -0.05) is 12.7 Å². The summed E-state index contributed by atoms with van der Waals surface area (Å²) < 4.78 is 5.15. The second-order valence-corrected chi connectivity index (χ2v) is 2.66. The van der Waals surface area contributed by atoms with Crippen LogP contribution in [0.4, 0.5) is 5.69 Å². The minimum absolute atomic E-state index is 0.0982. The van der Waals surface area contributed by atoms with Crippen LogP contribution in [0.2, 0.25) is 0 Å². The molecule has 3 N–H and O–H groups in total. The first kappa shape index (κ1) is 10.1. The SMILES string of the molecule is C=CCOc1cc(N)ccc1C(=O)O. The molecule has 0 aliphatic heterocycles. The van der Waals surface area contributed by atoms with Crippen molar-refractivity contribution in [2.24, 2.45) is 0 Å². The number of carboxylic acid groups (broad SMARTS) is 1. The summed E-state index contributed by atoms with van der Waals surface area (Å²) in [4.78, 5) is 10.7. The summed E-state index contributed by atoms with van der Waals surface area (Å²) in [6.45, 7) is 3.72. The molecule has 4 heteroatoms. The van der Waals surface area contributed by atoms with Gasteiger partial charge in [-0.2, -0.15) is 0 Å². The Hall–Kier alpha value is -1.97. The molecule has 0 saturated carbocycles. The smallest absolute Gasteiger partial charge is 0.339 e. The highest BCUT2D eigenvalue weighted by Crippen LogP contribution is 2.21. The lowest BCUT2D eigenvalue weighted by Crippen LogP contribution is -2.03. The van der Waals surface area contributed by atoms with Gasteiger partial charge in [0, 0.05) is 11.8 Å². The van der Waals surface area contributed by atoms with Gasteiger partial charge in [-0.05, 0) is 12.1 Å². The zero-order valence-electron chi connectivity index (χ0n) is 7.56. The lowest BCUT2D eigenvalue weighted by molar-refractivity contribution is 0.0693. The van der Waals surface area contributed by atoms with Crippen molar-refractivity contribution in [2.75, 3.05) is 12.3 Å². The van der Waals surface area contributed by atoms with E-state index in [1.807, 2.05) is 0 Å². The zero-order valence-corrected chi connectivity index (χ0v) is 7.56. The normalized spacial score (nSPS) is 9.43. The van der Waals surface area contributed by atoms with Crippen LogP contribution in [0, 0.1) is 0 Å². The first-order valence-electron chi connectivity index (χ1n) is 4.01. The first-order valence-corrected chi connectivity index (χ1v) is 4.01. The third-order valence-electron chi connectivity index (χ3n) is 1.59. The molecule has 0 aliphatic carbocycles. The van der Waals surface area contributed by atoms with Crippen molar-refractivity contribution in [2.45, 2.75) is 0 Å². The molecule has 1 aromatic rings. The van der Waals surface area contributed by atoms with Crippen molar-refractivity contribution in [1.29, 1.82) is 0 Å². The monoisotopic (exact) mass is 193 g/mol. The van der Waals surface area contributed by atoms with E-state index in [0.717, 1.165) is 0 Å². The van der Waals surface area contributed by atoms with Gasteiger partial charge in [-0.3, -0.25) is 0 Å². The number of aromatic carboxylic acids is 1. The summed E-state index contributed by atoms with van der Waals surface area (Å²) in [6.07, 6.45) is 1.54. The molecule has 0 spiro atoms. The van der Waals surface area contributed by atoms with Gasteiger partial charge in [-0.15, -0.1) is 0 Å². The second kappa shape index (κ2) is 4.32. The molecule has 0 atom stereocenters. The number of nitrogen functional groups attached to an aromatic ring is 1. The van der Waals surface area contributed by atoms with Crippen molar-refractivity contribution >= 4 is 11.7 Å². The summed E-state index contributed by atoms with van der Waals surface area (Å²) >= 11 is 0. The molecular formula is C10H11NO3. The van der Waals surface area contributed by atoms with Gasteiger partial charge in [0.25, 0.3) is 0 Å². The quantitative estimate of drug-likeness (QED) is 0.561. The molecular weight excluding hydrogens is 182 g/mol. The Morgan fingerprint density at radius 3 is 2.93 bits per heavy atom. The molecule has 0 radical (unpaired) electrons. The number of benzene rings is 1. The van der Waals surface area contributed by atoms with E-state index in [2.05, 4.69) is 6.58 Å². The summed E-state index contributed by atoms with van der Waals surface area (Å²) in [6, 6.07) is 4.41. The maximum absolute atomic E-state index is 10.7. The average molecular weight is 193 g/mol. The predicted molar refractivity (Wildman–Crippen MR) is 53.5 cm³/mol. The van der Waals surface area contributed by atoms with E-state index in [4.69, 9.17) is 15.6 Å². The number of nitrogens with two attached hydrogens (primary N) is 1. The van der Waals surface area contributed by atoms with Gasteiger partial charge in [-0.25, -0.2) is 4.79 Å². The molecule has 0 heterocycles. The molecule has 0 unspecified atom stereocenters. The minimum atomic E-state index is -1.04. The average Bonchev–Trinajstić information content (AvgIpc) is 2.14. The van der Waals surface area contributed by atoms with Crippen LogP contribution in [0.3, 0.4) is 0 Å². The largest absolute Gasteiger partial charge is 0.489 e. The van der Waals surface area contributed by atoms with Gasteiger partial charge in [0.1, 0.15) is 17.9 Å². The predicted octanol–water partition coefficient (Wildman–Crippen LogP) is 1.53. The maximum atomic E-state index is 10.7. The molecule has 14 heavy (non-hydrogen) atoms. The summed E-state index contributed by atoms with van der Waals surface area (Å²) in [5, 5.41) is 8.81. The molecule has 4 nitrogen and oxygen atoms in total. The van der Waals surface area contributed by atoms with E-state index in [9.17, 15) is 4.79 Å². The van der Waals surface area contributed by atoms with Crippen molar-refractivity contribution in [1.82, 2.24) is 0 Å². The fraction of sp³-hybridized carbons (Fsp3) is 0.100. The Kier molecular flexibility index (Phi) is 3.12. The molecule has 0 saturated heterocycles. The zero-order chi connectivity index (χ0) is 10.6. The number of rotatable bonds is 4. The third kappa shape index (κ3) is 2.26. The molecule has 0 fully saturated rings. The second-order valence-electron chi connectivity index (χ2n) is 2.66. The molecule has 74 valence electrons. The van der Waals surface area contributed by atoms with Gasteiger partial charge in [0.05, 0.1) is 0 Å². The number of carbonyl (C=O) groups is 1. The number of ether oxygens (including phenoxy) is 1. The summed E-state index contributed by atoms with van der Waals surface area (Å²) in [5.41, 5.74) is 6.07. The highest BCUT2D eigenvalue weighted by molar-refractivity contribution is 5.91. The Morgan fingerprint density at radius 1 is 1.64 bits per heavy atom. The minimum Gasteiger partial charge on any atom is -0.489 e. The number of carboxylic acids is 1. The summed E-state index contributed by atoms with van der Waals surface area (Å²) in [7, 11) is 0. The van der Waals surface area contributed by atoms with E-state index in [1.165, 1.54) is 24.3 Å². The third-order valence-corrected chi connectivity index (χ3v) is 1.59. The van der Waals surface area contributed by atoms with Gasteiger partial charge < -0.3 is 15.6 Å². The van der Waals surface area contributed by atoms with Gasteiger partial charge >= 0.3 is 5.97 Å². The van der Waals surface area contributed by atoms with Crippen LogP contribution in [0.15, 0.2) is 30.9 Å². The fourth-order valence-electron chi connectivity index (χ4n) is 0.984. The highest BCUT2D eigenvalue weighted by Gasteiger charge is 2.10. The molecule has 0 amide bonds. The molecule has 0 aromatic heterocycles. The van der Waals surface area contributed by atoms with E-state index in [0.29, 0.717) is 5.69 Å². The van der Waals surface area contributed by atoms with Crippen LogP contribution < -0.4 is 10.5 Å². The topological polar surface area (TPSA) is 72.5 Å². The van der Waals surface area contributed by atoms with E-state index in [1.54, 1.807) is 0 Å². The molecule has 1 rings (SSSR count).